The Hall–Kier alpha value is -2.73. The van der Waals surface area contributed by atoms with Gasteiger partial charge in [0.15, 0.2) is 6.10 Å². The minimum absolute atomic E-state index is 0.292. The second kappa shape index (κ2) is 6.82. The lowest BCUT2D eigenvalue weighted by Gasteiger charge is -2.22. The molecule has 6 heteroatoms. The molecule has 0 saturated carbocycles. The zero-order valence-electron chi connectivity index (χ0n) is 11.4. The van der Waals surface area contributed by atoms with Crippen molar-refractivity contribution in [2.45, 2.75) is 12.1 Å². The van der Waals surface area contributed by atoms with Gasteiger partial charge in [-0.25, -0.2) is 9.18 Å². The minimum atomic E-state index is -1.85. The largest absolute Gasteiger partial charge is 0.479 e. The Bertz CT molecular complexity index is 658. The van der Waals surface area contributed by atoms with Crippen LogP contribution in [0.15, 0.2) is 54.6 Å². The summed E-state index contributed by atoms with van der Waals surface area (Å²) in [5.41, 5.74) is 0.618. The zero-order chi connectivity index (χ0) is 16.1. The fourth-order valence-electron chi connectivity index (χ4n) is 1.97. The van der Waals surface area contributed by atoms with E-state index in [9.17, 15) is 19.1 Å². The highest BCUT2D eigenvalue weighted by Crippen LogP contribution is 2.19. The number of aliphatic hydroxyl groups excluding tert-OH is 1. The average molecular weight is 303 g/mol. The van der Waals surface area contributed by atoms with Gasteiger partial charge < -0.3 is 15.5 Å². The molecule has 0 saturated heterocycles. The maximum atomic E-state index is 13.0. The molecule has 2 atom stereocenters. The van der Waals surface area contributed by atoms with E-state index in [-0.39, 0.29) is 0 Å². The van der Waals surface area contributed by atoms with Gasteiger partial charge in [-0.05, 0) is 29.8 Å². The highest BCUT2D eigenvalue weighted by atomic mass is 19.1. The lowest BCUT2D eigenvalue weighted by molar-refractivity contribution is -0.148. The van der Waals surface area contributed by atoms with Crippen LogP contribution in [0.25, 0.3) is 0 Å². The SMILES string of the molecule is O=C(NC(c1ccc(F)cc1)C(O)C(=O)O)c1ccccc1. The van der Waals surface area contributed by atoms with Crippen LogP contribution in [0, 0.1) is 5.82 Å². The van der Waals surface area contributed by atoms with E-state index in [0.29, 0.717) is 11.1 Å². The van der Waals surface area contributed by atoms with Gasteiger partial charge in [-0.3, -0.25) is 4.79 Å². The molecule has 1 amide bonds. The molecule has 3 N–H and O–H groups in total. The van der Waals surface area contributed by atoms with Crippen molar-refractivity contribution in [1.82, 2.24) is 5.32 Å². The van der Waals surface area contributed by atoms with Crippen molar-refractivity contribution in [3.05, 3.63) is 71.5 Å². The first-order valence-corrected chi connectivity index (χ1v) is 6.51. The van der Waals surface area contributed by atoms with Crippen LogP contribution in [0.4, 0.5) is 4.39 Å². The van der Waals surface area contributed by atoms with E-state index < -0.39 is 29.8 Å². The molecule has 0 aliphatic carbocycles. The standard InChI is InChI=1S/C16H14FNO4/c17-12-8-6-10(7-9-12)13(14(19)16(21)22)18-15(20)11-4-2-1-3-5-11/h1-9,13-14,19H,(H,18,20)(H,21,22). The summed E-state index contributed by atoms with van der Waals surface area (Å²) in [5, 5.41) is 21.2. The number of amides is 1. The van der Waals surface area contributed by atoms with Crippen LogP contribution in [-0.2, 0) is 4.79 Å². The van der Waals surface area contributed by atoms with E-state index in [4.69, 9.17) is 5.11 Å². The second-order valence-electron chi connectivity index (χ2n) is 4.65. The number of rotatable bonds is 5. The Balaban J connectivity index is 2.27. The number of nitrogens with one attached hydrogen (secondary N) is 1. The second-order valence-corrected chi connectivity index (χ2v) is 4.65. The first kappa shape index (κ1) is 15.7. The molecule has 2 unspecified atom stereocenters. The molecule has 0 spiro atoms. The molecule has 0 aliphatic rings. The summed E-state index contributed by atoms with van der Waals surface area (Å²) in [6, 6.07) is 11.9. The summed E-state index contributed by atoms with van der Waals surface area (Å²) < 4.78 is 13.0. The number of aliphatic carboxylic acids is 1. The van der Waals surface area contributed by atoms with Crippen molar-refractivity contribution >= 4 is 11.9 Å². The van der Waals surface area contributed by atoms with Crippen LogP contribution >= 0.6 is 0 Å². The summed E-state index contributed by atoms with van der Waals surface area (Å²) in [5.74, 6) is -2.51. The van der Waals surface area contributed by atoms with Crippen molar-refractivity contribution < 1.29 is 24.2 Å². The minimum Gasteiger partial charge on any atom is -0.479 e. The first-order valence-electron chi connectivity index (χ1n) is 6.51. The van der Waals surface area contributed by atoms with Crippen LogP contribution < -0.4 is 5.32 Å². The predicted octanol–water partition coefficient (Wildman–Crippen LogP) is 1.74. The maximum absolute atomic E-state index is 13.0. The predicted molar refractivity (Wildman–Crippen MR) is 76.7 cm³/mol. The van der Waals surface area contributed by atoms with Crippen LogP contribution in [0.1, 0.15) is 22.0 Å². The summed E-state index contributed by atoms with van der Waals surface area (Å²) in [7, 11) is 0. The number of carboxylic acids is 1. The molecule has 5 nitrogen and oxygen atoms in total. The third-order valence-corrected chi connectivity index (χ3v) is 3.12. The average Bonchev–Trinajstić information content (AvgIpc) is 2.53. The van der Waals surface area contributed by atoms with Gasteiger partial charge in [0.1, 0.15) is 5.82 Å². The number of benzene rings is 2. The molecule has 0 aliphatic heterocycles. The molecule has 2 rings (SSSR count). The highest BCUT2D eigenvalue weighted by Gasteiger charge is 2.29. The van der Waals surface area contributed by atoms with Crippen molar-refractivity contribution in [2.24, 2.45) is 0 Å². The smallest absolute Gasteiger partial charge is 0.335 e. The maximum Gasteiger partial charge on any atom is 0.335 e. The van der Waals surface area contributed by atoms with E-state index in [2.05, 4.69) is 5.32 Å². The number of halogens is 1. The van der Waals surface area contributed by atoms with Gasteiger partial charge in [0.2, 0.25) is 0 Å². The first-order chi connectivity index (χ1) is 10.5. The lowest BCUT2D eigenvalue weighted by Crippen LogP contribution is -2.40. The lowest BCUT2D eigenvalue weighted by atomic mass is 10.0. The van der Waals surface area contributed by atoms with Crippen LogP contribution in [0.2, 0.25) is 0 Å². The quantitative estimate of drug-likeness (QED) is 0.785. The molecule has 0 heterocycles. The van der Waals surface area contributed by atoms with Crippen molar-refractivity contribution in [1.29, 1.82) is 0 Å². The third kappa shape index (κ3) is 3.67. The van der Waals surface area contributed by atoms with Gasteiger partial charge >= 0.3 is 5.97 Å². The van der Waals surface area contributed by atoms with Crippen molar-refractivity contribution in [3.63, 3.8) is 0 Å². The highest BCUT2D eigenvalue weighted by molar-refractivity contribution is 5.94. The number of carbonyl (C=O) groups excluding carboxylic acids is 1. The molecule has 0 radical (unpaired) electrons. The van der Waals surface area contributed by atoms with Crippen molar-refractivity contribution in [3.8, 4) is 0 Å². The van der Waals surface area contributed by atoms with Gasteiger partial charge in [-0.15, -0.1) is 0 Å². The summed E-state index contributed by atoms with van der Waals surface area (Å²) in [6.07, 6.45) is -1.85. The van der Waals surface area contributed by atoms with Gasteiger partial charge in [0.05, 0.1) is 6.04 Å². The normalized spacial score (nSPS) is 13.2. The molecule has 22 heavy (non-hydrogen) atoms. The van der Waals surface area contributed by atoms with E-state index in [1.54, 1.807) is 30.3 Å². The van der Waals surface area contributed by atoms with Gasteiger partial charge in [-0.1, -0.05) is 30.3 Å². The van der Waals surface area contributed by atoms with Crippen LogP contribution in [-0.4, -0.2) is 28.2 Å². The van der Waals surface area contributed by atoms with E-state index in [0.717, 1.165) is 12.1 Å². The topological polar surface area (TPSA) is 86.6 Å². The molecule has 0 aromatic heterocycles. The number of aliphatic hydroxyl groups is 1. The zero-order valence-corrected chi connectivity index (χ0v) is 11.4. The van der Waals surface area contributed by atoms with Crippen LogP contribution in [0.3, 0.4) is 0 Å². The van der Waals surface area contributed by atoms with E-state index in [1.807, 2.05) is 0 Å². The molecular formula is C16H14FNO4. The molecule has 2 aromatic rings. The van der Waals surface area contributed by atoms with Gasteiger partial charge in [0, 0.05) is 5.56 Å². The number of hydrogen-bond donors (Lipinski definition) is 3. The van der Waals surface area contributed by atoms with Crippen LogP contribution in [0.5, 0.6) is 0 Å². The summed E-state index contributed by atoms with van der Waals surface area (Å²) in [4.78, 5) is 23.2. The molecule has 2 aromatic carbocycles. The fourth-order valence-corrected chi connectivity index (χ4v) is 1.97. The third-order valence-electron chi connectivity index (χ3n) is 3.12. The molecule has 114 valence electrons. The summed E-state index contributed by atoms with van der Waals surface area (Å²) in [6.45, 7) is 0. The van der Waals surface area contributed by atoms with Gasteiger partial charge in [-0.2, -0.15) is 0 Å². The number of carbonyl (C=O) groups is 2. The Morgan fingerprint density at radius 3 is 2.14 bits per heavy atom. The Morgan fingerprint density at radius 2 is 1.59 bits per heavy atom. The van der Waals surface area contributed by atoms with Gasteiger partial charge in [0.25, 0.3) is 5.91 Å². The summed E-state index contributed by atoms with van der Waals surface area (Å²) >= 11 is 0. The van der Waals surface area contributed by atoms with E-state index >= 15 is 0 Å². The Morgan fingerprint density at radius 1 is 1.00 bits per heavy atom. The molecule has 0 fully saturated rings. The monoisotopic (exact) mass is 303 g/mol. The molecule has 0 bridgehead atoms. The molecular weight excluding hydrogens is 289 g/mol. The Kier molecular flexibility index (Phi) is 4.85. The Labute approximate surface area is 126 Å². The van der Waals surface area contributed by atoms with E-state index in [1.165, 1.54) is 12.1 Å². The van der Waals surface area contributed by atoms with Crippen molar-refractivity contribution in [2.75, 3.05) is 0 Å². The number of hydrogen-bond acceptors (Lipinski definition) is 3. The number of carboxylic acid groups (broad SMARTS) is 1. The fraction of sp³-hybridized carbons (Fsp3) is 0.125.